The Labute approximate surface area is 169 Å². The zero-order valence-corrected chi connectivity index (χ0v) is 17.0. The van der Waals surface area contributed by atoms with Crippen molar-refractivity contribution in [1.82, 2.24) is 10.7 Å². The topological polar surface area (TPSA) is 96.8 Å². The Morgan fingerprint density at radius 3 is 2.59 bits per heavy atom. The molecule has 2 heterocycles. The van der Waals surface area contributed by atoms with Crippen molar-refractivity contribution < 1.29 is 18.4 Å². The Hall–Kier alpha value is -2.83. The fourth-order valence-electron chi connectivity index (χ4n) is 4.29. The van der Waals surface area contributed by atoms with Crippen LogP contribution >= 0.6 is 0 Å². The molecule has 0 spiro atoms. The number of amides is 2. The summed E-state index contributed by atoms with van der Waals surface area (Å²) >= 11 is 0. The van der Waals surface area contributed by atoms with E-state index in [9.17, 15) is 9.59 Å². The van der Waals surface area contributed by atoms with Crippen molar-refractivity contribution >= 4 is 17.5 Å². The summed E-state index contributed by atoms with van der Waals surface area (Å²) in [5.74, 6) is 1.23. The zero-order chi connectivity index (χ0) is 20.4. The number of carbonyl (C=O) groups excluding carboxylic acids is 2. The van der Waals surface area contributed by atoms with Gasteiger partial charge in [-0.2, -0.15) is 5.10 Å². The van der Waals surface area contributed by atoms with E-state index in [4.69, 9.17) is 8.83 Å². The van der Waals surface area contributed by atoms with Gasteiger partial charge in [-0.05, 0) is 45.6 Å². The zero-order valence-electron chi connectivity index (χ0n) is 17.0. The number of fused-ring (bicyclic) bond motifs is 1. The summed E-state index contributed by atoms with van der Waals surface area (Å²) in [6.07, 6.45) is 9.44. The molecule has 4 rings (SSSR count). The van der Waals surface area contributed by atoms with Crippen molar-refractivity contribution in [2.24, 2.45) is 5.10 Å². The highest BCUT2D eigenvalue weighted by molar-refractivity contribution is 6.07. The van der Waals surface area contributed by atoms with Gasteiger partial charge in [0.1, 0.15) is 11.5 Å². The molecule has 1 saturated carbocycles. The Kier molecular flexibility index (Phi) is 5.56. The fraction of sp³-hybridized carbons (Fsp3) is 0.500. The number of hydrogen-bond acceptors (Lipinski definition) is 5. The predicted molar refractivity (Wildman–Crippen MR) is 108 cm³/mol. The molecule has 2 aromatic heterocycles. The molecule has 0 aromatic carbocycles. The molecule has 2 N–H and O–H groups in total. The van der Waals surface area contributed by atoms with Gasteiger partial charge >= 0.3 is 0 Å². The third kappa shape index (κ3) is 3.99. The van der Waals surface area contributed by atoms with Crippen LogP contribution in [0.4, 0.5) is 0 Å². The first kappa shape index (κ1) is 19.5. The van der Waals surface area contributed by atoms with Crippen LogP contribution in [0.2, 0.25) is 0 Å². The fourth-order valence-corrected chi connectivity index (χ4v) is 4.29. The van der Waals surface area contributed by atoms with E-state index in [1.165, 1.54) is 12.7 Å². The predicted octanol–water partition coefficient (Wildman–Crippen LogP) is 4.02. The molecule has 0 bridgehead atoms. The highest BCUT2D eigenvalue weighted by Crippen LogP contribution is 2.30. The molecule has 1 fully saturated rings. The van der Waals surface area contributed by atoms with Crippen LogP contribution < -0.4 is 10.7 Å². The van der Waals surface area contributed by atoms with E-state index in [1.54, 1.807) is 13.0 Å². The minimum absolute atomic E-state index is 0.152. The van der Waals surface area contributed by atoms with E-state index in [-0.39, 0.29) is 17.9 Å². The second kappa shape index (κ2) is 8.27. The van der Waals surface area contributed by atoms with Gasteiger partial charge in [-0.15, -0.1) is 0 Å². The molecule has 29 heavy (non-hydrogen) atoms. The highest BCUT2D eigenvalue weighted by atomic mass is 16.4. The van der Waals surface area contributed by atoms with E-state index >= 15 is 0 Å². The SMILES string of the molecule is Cc1occc1C(=O)N/N=C1\CCCc2oc(C(=O)NC3CCCCC3)c(C)c21. The number of hydrogen-bond donors (Lipinski definition) is 2. The third-order valence-corrected chi connectivity index (χ3v) is 5.87. The van der Waals surface area contributed by atoms with Gasteiger partial charge in [-0.25, -0.2) is 5.43 Å². The summed E-state index contributed by atoms with van der Waals surface area (Å²) < 4.78 is 11.1. The van der Waals surface area contributed by atoms with E-state index in [2.05, 4.69) is 15.8 Å². The van der Waals surface area contributed by atoms with Crippen LogP contribution in [0.1, 0.15) is 88.5 Å². The molecule has 0 saturated heterocycles. The van der Waals surface area contributed by atoms with E-state index in [1.807, 2.05) is 6.92 Å². The first-order valence-corrected chi connectivity index (χ1v) is 10.4. The average Bonchev–Trinajstić information content (AvgIpc) is 3.30. The molecule has 0 atom stereocenters. The Morgan fingerprint density at radius 2 is 1.86 bits per heavy atom. The first-order valence-electron chi connectivity index (χ1n) is 10.4. The number of furan rings is 2. The van der Waals surface area contributed by atoms with Crippen LogP contribution in [0, 0.1) is 13.8 Å². The molecule has 154 valence electrons. The van der Waals surface area contributed by atoms with Crippen LogP contribution in [0.5, 0.6) is 0 Å². The molecule has 2 aromatic rings. The molecule has 7 nitrogen and oxygen atoms in total. The van der Waals surface area contributed by atoms with Crippen molar-refractivity contribution in [3.8, 4) is 0 Å². The molecule has 7 heteroatoms. The molecule has 0 aliphatic heterocycles. The van der Waals surface area contributed by atoms with Gasteiger partial charge in [0.2, 0.25) is 0 Å². The van der Waals surface area contributed by atoms with Crippen LogP contribution in [0.25, 0.3) is 0 Å². The van der Waals surface area contributed by atoms with Gasteiger partial charge in [0.15, 0.2) is 5.76 Å². The van der Waals surface area contributed by atoms with Crippen molar-refractivity contribution in [2.45, 2.75) is 71.3 Å². The lowest BCUT2D eigenvalue weighted by atomic mass is 9.93. The smallest absolute Gasteiger partial charge is 0.287 e. The Morgan fingerprint density at radius 1 is 1.07 bits per heavy atom. The monoisotopic (exact) mass is 397 g/mol. The summed E-state index contributed by atoms with van der Waals surface area (Å²) in [5, 5.41) is 7.48. The number of carbonyl (C=O) groups is 2. The second-order valence-electron chi connectivity index (χ2n) is 7.91. The maximum atomic E-state index is 12.8. The minimum atomic E-state index is -0.313. The highest BCUT2D eigenvalue weighted by Gasteiger charge is 2.29. The first-order chi connectivity index (χ1) is 14.0. The molecule has 2 aliphatic rings. The van der Waals surface area contributed by atoms with Crippen molar-refractivity contribution in [3.63, 3.8) is 0 Å². The summed E-state index contributed by atoms with van der Waals surface area (Å²) in [6, 6.07) is 1.84. The Balaban J connectivity index is 1.53. The van der Waals surface area contributed by atoms with Gasteiger partial charge < -0.3 is 14.2 Å². The maximum Gasteiger partial charge on any atom is 0.287 e. The summed E-state index contributed by atoms with van der Waals surface area (Å²) in [7, 11) is 0. The van der Waals surface area contributed by atoms with E-state index < -0.39 is 0 Å². The molecule has 0 radical (unpaired) electrons. The number of rotatable bonds is 4. The van der Waals surface area contributed by atoms with Gasteiger partial charge in [0.25, 0.3) is 11.8 Å². The van der Waals surface area contributed by atoms with E-state index in [0.29, 0.717) is 17.1 Å². The van der Waals surface area contributed by atoms with Crippen LogP contribution in [0.15, 0.2) is 26.3 Å². The lowest BCUT2D eigenvalue weighted by Gasteiger charge is -2.22. The summed E-state index contributed by atoms with van der Waals surface area (Å²) in [5.41, 5.74) is 5.47. The number of nitrogens with zero attached hydrogens (tertiary/aromatic N) is 1. The molecule has 2 amide bonds. The molecule has 2 aliphatic carbocycles. The van der Waals surface area contributed by atoms with E-state index in [0.717, 1.165) is 67.5 Å². The molecular weight excluding hydrogens is 370 g/mol. The summed E-state index contributed by atoms with van der Waals surface area (Å²) in [4.78, 5) is 25.1. The van der Waals surface area contributed by atoms with Crippen molar-refractivity contribution in [3.05, 3.63) is 46.3 Å². The van der Waals surface area contributed by atoms with Gasteiger partial charge in [0, 0.05) is 23.6 Å². The van der Waals surface area contributed by atoms with Crippen LogP contribution in [-0.4, -0.2) is 23.6 Å². The average molecular weight is 397 g/mol. The van der Waals surface area contributed by atoms with Gasteiger partial charge in [0.05, 0.1) is 17.5 Å². The molecule has 0 unspecified atom stereocenters. The Bertz CT molecular complexity index is 947. The third-order valence-electron chi connectivity index (χ3n) is 5.87. The quantitative estimate of drug-likeness (QED) is 0.762. The second-order valence-corrected chi connectivity index (χ2v) is 7.91. The lowest BCUT2D eigenvalue weighted by molar-refractivity contribution is 0.0895. The van der Waals surface area contributed by atoms with Crippen LogP contribution in [-0.2, 0) is 6.42 Å². The summed E-state index contributed by atoms with van der Waals surface area (Å²) in [6.45, 7) is 3.62. The molecular formula is C22H27N3O4. The van der Waals surface area contributed by atoms with Gasteiger partial charge in [-0.1, -0.05) is 19.3 Å². The lowest BCUT2D eigenvalue weighted by Crippen LogP contribution is -2.36. The standard InChI is InChI=1S/C22H27N3O4/c1-13-19-17(24-25-21(26)16-11-12-28-14(16)2)9-6-10-18(19)29-20(13)22(27)23-15-7-4-3-5-8-15/h11-12,15H,3-10H2,1-2H3,(H,23,27)(H,25,26)/b24-17+. The van der Waals surface area contributed by atoms with Crippen molar-refractivity contribution in [1.29, 1.82) is 0 Å². The maximum absolute atomic E-state index is 12.8. The number of aryl methyl sites for hydroxylation is 2. The minimum Gasteiger partial charge on any atom is -0.469 e. The number of hydrazone groups is 1. The normalized spacial score (nSPS) is 18.5. The number of nitrogens with one attached hydrogen (secondary N) is 2. The largest absolute Gasteiger partial charge is 0.469 e. The van der Waals surface area contributed by atoms with Crippen molar-refractivity contribution in [2.75, 3.05) is 0 Å². The van der Waals surface area contributed by atoms with Gasteiger partial charge in [-0.3, -0.25) is 9.59 Å². The van der Waals surface area contributed by atoms with Crippen LogP contribution in [0.3, 0.4) is 0 Å².